The van der Waals surface area contributed by atoms with E-state index in [1.165, 1.54) is 10.9 Å². The lowest BCUT2D eigenvalue weighted by Crippen LogP contribution is -2.47. The van der Waals surface area contributed by atoms with E-state index in [1.54, 1.807) is 6.07 Å². The molecule has 1 unspecified atom stereocenters. The number of piperidine rings is 1. The highest BCUT2D eigenvalue weighted by atomic mass is 79.9. The predicted octanol–water partition coefficient (Wildman–Crippen LogP) is 1.59. The number of aliphatic hydroxyl groups is 2. The molecular weight excluding hydrogens is 386 g/mol. The molecular formula is C18H24BrN3O3. The molecule has 3 rings (SSSR count). The number of halogens is 1. The van der Waals surface area contributed by atoms with Gasteiger partial charge in [-0.1, -0.05) is 22.9 Å². The summed E-state index contributed by atoms with van der Waals surface area (Å²) >= 11 is 3.44. The molecule has 25 heavy (non-hydrogen) atoms. The van der Waals surface area contributed by atoms with Crippen LogP contribution >= 0.6 is 15.9 Å². The molecule has 6 nitrogen and oxygen atoms in total. The molecule has 2 aromatic rings. The average Bonchev–Trinajstić information content (AvgIpc) is 2.59. The number of hydrogen-bond donors (Lipinski definition) is 3. The zero-order valence-corrected chi connectivity index (χ0v) is 15.9. The standard InChI is InChI=1S/C18H24BrN3O3/c1-2-11-6-12(19)7-14-17(11)21-10-22(18(14)25)9-13(23)8-15-16(24)4-3-5-20-15/h6-7,10,13,15-16,20,23-24H,2-5,8-9H2,1H3/t13?,15-,16+/m1/s1. The van der Waals surface area contributed by atoms with Crippen molar-refractivity contribution in [2.75, 3.05) is 6.54 Å². The summed E-state index contributed by atoms with van der Waals surface area (Å²) in [5.41, 5.74) is 1.58. The van der Waals surface area contributed by atoms with Crippen molar-refractivity contribution in [2.45, 2.75) is 57.4 Å². The molecule has 1 aromatic carbocycles. The molecule has 1 aromatic heterocycles. The van der Waals surface area contributed by atoms with E-state index in [9.17, 15) is 15.0 Å². The molecule has 0 amide bonds. The van der Waals surface area contributed by atoms with Crippen molar-refractivity contribution in [1.29, 1.82) is 0 Å². The molecule has 2 heterocycles. The second kappa shape index (κ2) is 7.95. The highest BCUT2D eigenvalue weighted by molar-refractivity contribution is 9.10. The fourth-order valence-corrected chi connectivity index (χ4v) is 3.98. The second-order valence-electron chi connectivity index (χ2n) is 6.68. The third kappa shape index (κ3) is 4.11. The maximum absolute atomic E-state index is 12.8. The number of nitrogens with zero attached hydrogens (tertiary/aromatic N) is 2. The van der Waals surface area contributed by atoms with Crippen molar-refractivity contribution >= 4 is 26.8 Å². The van der Waals surface area contributed by atoms with Gasteiger partial charge in [0.15, 0.2) is 0 Å². The first-order valence-electron chi connectivity index (χ1n) is 8.76. The first kappa shape index (κ1) is 18.5. The monoisotopic (exact) mass is 409 g/mol. The molecule has 3 atom stereocenters. The van der Waals surface area contributed by atoms with Crippen LogP contribution in [0, 0.1) is 0 Å². The van der Waals surface area contributed by atoms with E-state index in [2.05, 4.69) is 26.2 Å². The number of aromatic nitrogens is 2. The van der Waals surface area contributed by atoms with Gasteiger partial charge in [-0.2, -0.15) is 0 Å². The van der Waals surface area contributed by atoms with E-state index in [0.717, 1.165) is 35.8 Å². The van der Waals surface area contributed by atoms with E-state index in [4.69, 9.17) is 0 Å². The van der Waals surface area contributed by atoms with Gasteiger partial charge in [0, 0.05) is 10.5 Å². The largest absolute Gasteiger partial charge is 0.392 e. The molecule has 1 aliphatic rings. The summed E-state index contributed by atoms with van der Waals surface area (Å²) in [7, 11) is 0. The topological polar surface area (TPSA) is 87.4 Å². The third-order valence-corrected chi connectivity index (χ3v) is 5.29. The molecule has 0 spiro atoms. The Bertz CT molecular complexity index is 808. The van der Waals surface area contributed by atoms with E-state index in [-0.39, 0.29) is 18.1 Å². The van der Waals surface area contributed by atoms with E-state index in [1.807, 2.05) is 13.0 Å². The molecule has 136 valence electrons. The average molecular weight is 410 g/mol. The summed E-state index contributed by atoms with van der Waals surface area (Å²) < 4.78 is 2.30. The Hall–Kier alpha value is -1.28. The Kier molecular flexibility index (Phi) is 5.89. The SMILES string of the molecule is CCc1cc(Br)cc2c(=O)n(CC(O)C[C@H]3NCCC[C@@H]3O)cnc12. The number of fused-ring (bicyclic) bond motifs is 1. The van der Waals surface area contributed by atoms with Crippen LogP contribution < -0.4 is 10.9 Å². The van der Waals surface area contributed by atoms with Crippen LogP contribution in [-0.4, -0.2) is 44.6 Å². The smallest absolute Gasteiger partial charge is 0.261 e. The van der Waals surface area contributed by atoms with Gasteiger partial charge in [-0.05, 0) is 49.9 Å². The molecule has 0 bridgehead atoms. The normalized spacial score (nSPS) is 22.2. The van der Waals surface area contributed by atoms with Crippen LogP contribution in [0.3, 0.4) is 0 Å². The Labute approximate surface area is 155 Å². The molecule has 3 N–H and O–H groups in total. The zero-order chi connectivity index (χ0) is 18.0. The Morgan fingerprint density at radius 3 is 3.00 bits per heavy atom. The van der Waals surface area contributed by atoms with E-state index in [0.29, 0.717) is 17.3 Å². The predicted molar refractivity (Wildman–Crippen MR) is 101 cm³/mol. The van der Waals surface area contributed by atoms with Gasteiger partial charge in [0.1, 0.15) is 0 Å². The zero-order valence-electron chi connectivity index (χ0n) is 14.3. The number of nitrogens with one attached hydrogen (secondary N) is 1. The highest BCUT2D eigenvalue weighted by Gasteiger charge is 2.25. The maximum atomic E-state index is 12.8. The number of rotatable bonds is 5. The first-order valence-corrected chi connectivity index (χ1v) is 9.56. The van der Waals surface area contributed by atoms with E-state index < -0.39 is 12.2 Å². The summed E-state index contributed by atoms with van der Waals surface area (Å²) in [5, 5.41) is 24.2. The minimum atomic E-state index is -0.722. The minimum Gasteiger partial charge on any atom is -0.392 e. The summed E-state index contributed by atoms with van der Waals surface area (Å²) in [6.45, 7) is 3.04. The fourth-order valence-electron chi connectivity index (χ4n) is 3.48. The summed E-state index contributed by atoms with van der Waals surface area (Å²) in [4.78, 5) is 17.2. The van der Waals surface area contributed by atoms with Gasteiger partial charge in [0.05, 0.1) is 36.0 Å². The van der Waals surface area contributed by atoms with Crippen molar-refractivity contribution in [3.8, 4) is 0 Å². The maximum Gasteiger partial charge on any atom is 0.261 e. The summed E-state index contributed by atoms with van der Waals surface area (Å²) in [6.07, 6.45) is 3.22. The summed E-state index contributed by atoms with van der Waals surface area (Å²) in [6, 6.07) is 3.62. The van der Waals surface area contributed by atoms with Crippen molar-refractivity contribution in [3.63, 3.8) is 0 Å². The van der Waals surface area contributed by atoms with Crippen molar-refractivity contribution < 1.29 is 10.2 Å². The van der Waals surface area contributed by atoms with Gasteiger partial charge >= 0.3 is 0 Å². The van der Waals surface area contributed by atoms with Crippen LogP contribution in [0.2, 0.25) is 0 Å². The number of aryl methyl sites for hydroxylation is 1. The van der Waals surface area contributed by atoms with Crippen LogP contribution in [0.4, 0.5) is 0 Å². The van der Waals surface area contributed by atoms with Gasteiger partial charge in [0.2, 0.25) is 0 Å². The van der Waals surface area contributed by atoms with Gasteiger partial charge in [0.25, 0.3) is 5.56 Å². The van der Waals surface area contributed by atoms with Crippen LogP contribution in [0.1, 0.15) is 31.7 Å². The van der Waals surface area contributed by atoms with Crippen LogP contribution in [0.15, 0.2) is 27.7 Å². The number of hydrogen-bond acceptors (Lipinski definition) is 5. The summed E-state index contributed by atoms with van der Waals surface area (Å²) in [5.74, 6) is 0. The van der Waals surface area contributed by atoms with Crippen LogP contribution in [0.25, 0.3) is 10.9 Å². The van der Waals surface area contributed by atoms with Gasteiger partial charge in [-0.15, -0.1) is 0 Å². The fraction of sp³-hybridized carbons (Fsp3) is 0.556. The second-order valence-corrected chi connectivity index (χ2v) is 7.59. The van der Waals surface area contributed by atoms with Crippen LogP contribution in [-0.2, 0) is 13.0 Å². The lowest BCUT2D eigenvalue weighted by Gasteiger charge is -2.30. The van der Waals surface area contributed by atoms with Gasteiger partial charge in [-0.3, -0.25) is 9.36 Å². The molecule has 7 heteroatoms. The Balaban J connectivity index is 1.81. The van der Waals surface area contributed by atoms with Crippen molar-refractivity contribution in [1.82, 2.24) is 14.9 Å². The number of aliphatic hydroxyl groups excluding tert-OH is 2. The Morgan fingerprint density at radius 1 is 1.48 bits per heavy atom. The molecule has 0 radical (unpaired) electrons. The molecule has 1 aliphatic heterocycles. The lowest BCUT2D eigenvalue weighted by atomic mass is 9.96. The quantitative estimate of drug-likeness (QED) is 0.697. The molecule has 0 saturated carbocycles. The van der Waals surface area contributed by atoms with Crippen molar-refractivity contribution in [3.05, 3.63) is 38.9 Å². The van der Waals surface area contributed by atoms with E-state index >= 15 is 0 Å². The minimum absolute atomic E-state index is 0.131. The molecule has 1 saturated heterocycles. The third-order valence-electron chi connectivity index (χ3n) is 4.83. The van der Waals surface area contributed by atoms with Gasteiger partial charge in [-0.25, -0.2) is 4.98 Å². The lowest BCUT2D eigenvalue weighted by molar-refractivity contribution is 0.0539. The number of benzene rings is 1. The molecule has 1 fully saturated rings. The highest BCUT2D eigenvalue weighted by Crippen LogP contribution is 2.21. The van der Waals surface area contributed by atoms with Crippen LogP contribution in [0.5, 0.6) is 0 Å². The first-order chi connectivity index (χ1) is 12.0. The molecule has 0 aliphatic carbocycles. The van der Waals surface area contributed by atoms with Gasteiger partial charge < -0.3 is 15.5 Å². The Morgan fingerprint density at radius 2 is 2.28 bits per heavy atom. The van der Waals surface area contributed by atoms with Crippen molar-refractivity contribution in [2.24, 2.45) is 0 Å².